The second kappa shape index (κ2) is 8.37. The van der Waals surface area contributed by atoms with Gasteiger partial charge in [-0.15, -0.1) is 21.5 Å². The monoisotopic (exact) mass is 389 g/mol. The van der Waals surface area contributed by atoms with Crippen LogP contribution in [0, 0.1) is 6.92 Å². The molecule has 0 spiro atoms. The van der Waals surface area contributed by atoms with E-state index < -0.39 is 0 Å². The van der Waals surface area contributed by atoms with E-state index >= 15 is 0 Å². The number of nitrogens with zero attached hydrogens (tertiary/aromatic N) is 5. The predicted octanol–water partition coefficient (Wildman–Crippen LogP) is 2.97. The molecule has 0 aliphatic carbocycles. The summed E-state index contributed by atoms with van der Waals surface area (Å²) in [5.41, 5.74) is 1.20. The van der Waals surface area contributed by atoms with E-state index in [1.165, 1.54) is 10.6 Å². The van der Waals surface area contributed by atoms with Crippen LogP contribution in [0.4, 0.5) is 0 Å². The number of hydrogen-bond donors (Lipinski definition) is 2. The molecule has 3 heterocycles. The lowest BCUT2D eigenvalue weighted by molar-refractivity contribution is 0.407. The number of rotatable bonds is 5. The fourth-order valence-corrected chi connectivity index (χ4v) is 4.54. The van der Waals surface area contributed by atoms with Gasteiger partial charge in [-0.3, -0.25) is 4.99 Å². The Balaban J connectivity index is 1.59. The molecule has 7 nitrogen and oxygen atoms in total. The summed E-state index contributed by atoms with van der Waals surface area (Å²) in [6, 6.07) is 0.321. The number of aryl methyl sites for hydroxylation is 2. The first-order valence-corrected chi connectivity index (χ1v) is 10.6. The lowest BCUT2D eigenvalue weighted by Crippen LogP contribution is -2.46. The van der Waals surface area contributed by atoms with Crippen molar-refractivity contribution in [2.24, 2.45) is 4.99 Å². The summed E-state index contributed by atoms with van der Waals surface area (Å²) in [4.78, 5) is 10.5. The minimum absolute atomic E-state index is 0.321. The standard InChI is InChI=1S/C19H31N7S/c1-11(2)17-13(5)27-16(23-17)9-21-19(20-6)22-14-7-8-15-24-25-18(12(3)4)26(15)10-14/h11-12,14H,7-10H2,1-6H3,(H2,20,21,22). The van der Waals surface area contributed by atoms with Crippen LogP contribution in [-0.4, -0.2) is 38.8 Å². The van der Waals surface area contributed by atoms with Crippen LogP contribution in [0.3, 0.4) is 0 Å². The van der Waals surface area contributed by atoms with Crippen molar-refractivity contribution >= 4 is 17.3 Å². The van der Waals surface area contributed by atoms with Crippen LogP contribution in [0.2, 0.25) is 0 Å². The zero-order valence-corrected chi connectivity index (χ0v) is 18.0. The van der Waals surface area contributed by atoms with Crippen molar-refractivity contribution in [2.75, 3.05) is 7.05 Å². The zero-order valence-electron chi connectivity index (χ0n) is 17.2. The third-order valence-corrected chi connectivity index (χ3v) is 5.87. The molecular formula is C19H31N7S. The molecule has 2 N–H and O–H groups in total. The molecule has 0 fully saturated rings. The van der Waals surface area contributed by atoms with E-state index in [1.54, 1.807) is 11.3 Å². The number of fused-ring (bicyclic) bond motifs is 1. The van der Waals surface area contributed by atoms with Crippen molar-refractivity contribution < 1.29 is 0 Å². The Labute approximate surface area is 165 Å². The number of thiazole rings is 1. The number of nitrogens with one attached hydrogen (secondary N) is 2. The molecule has 3 rings (SSSR count). The van der Waals surface area contributed by atoms with Crippen molar-refractivity contribution in [2.45, 2.75) is 78.4 Å². The number of guanidine groups is 1. The maximum absolute atomic E-state index is 4.77. The molecule has 27 heavy (non-hydrogen) atoms. The molecule has 1 unspecified atom stereocenters. The first kappa shape index (κ1) is 19.8. The van der Waals surface area contributed by atoms with Gasteiger partial charge in [0.15, 0.2) is 5.96 Å². The molecule has 0 amide bonds. The fourth-order valence-electron chi connectivity index (χ4n) is 3.52. The van der Waals surface area contributed by atoms with Crippen LogP contribution in [0.5, 0.6) is 0 Å². The van der Waals surface area contributed by atoms with E-state index in [0.717, 1.165) is 42.0 Å². The van der Waals surface area contributed by atoms with Gasteiger partial charge in [0.25, 0.3) is 0 Å². The Morgan fingerprint density at radius 3 is 2.67 bits per heavy atom. The first-order valence-electron chi connectivity index (χ1n) is 9.74. The lowest BCUT2D eigenvalue weighted by atomic mass is 10.1. The highest BCUT2D eigenvalue weighted by molar-refractivity contribution is 7.11. The van der Waals surface area contributed by atoms with E-state index in [9.17, 15) is 0 Å². The molecule has 2 aromatic heterocycles. The van der Waals surface area contributed by atoms with E-state index in [1.807, 2.05) is 7.05 Å². The molecule has 1 atom stereocenters. The van der Waals surface area contributed by atoms with Gasteiger partial charge < -0.3 is 15.2 Å². The maximum Gasteiger partial charge on any atom is 0.191 e. The van der Waals surface area contributed by atoms with Gasteiger partial charge in [-0.1, -0.05) is 27.7 Å². The third kappa shape index (κ3) is 4.48. The highest BCUT2D eigenvalue weighted by atomic mass is 32.1. The summed E-state index contributed by atoms with van der Waals surface area (Å²) in [5, 5.41) is 16.8. The summed E-state index contributed by atoms with van der Waals surface area (Å²) < 4.78 is 2.26. The Morgan fingerprint density at radius 1 is 1.26 bits per heavy atom. The summed E-state index contributed by atoms with van der Waals surface area (Å²) in [6.07, 6.45) is 1.97. The first-order chi connectivity index (χ1) is 12.9. The van der Waals surface area contributed by atoms with Gasteiger partial charge in [0.1, 0.15) is 16.7 Å². The molecule has 0 radical (unpaired) electrons. The predicted molar refractivity (Wildman–Crippen MR) is 110 cm³/mol. The summed E-state index contributed by atoms with van der Waals surface area (Å²) in [5.74, 6) is 3.83. The minimum Gasteiger partial charge on any atom is -0.352 e. The zero-order chi connectivity index (χ0) is 19.6. The van der Waals surface area contributed by atoms with Crippen LogP contribution in [0.15, 0.2) is 4.99 Å². The molecule has 8 heteroatoms. The molecule has 0 aromatic carbocycles. The number of hydrogen-bond acceptors (Lipinski definition) is 5. The van der Waals surface area contributed by atoms with Gasteiger partial charge in [0, 0.05) is 36.9 Å². The molecule has 0 saturated carbocycles. The van der Waals surface area contributed by atoms with Crippen molar-refractivity contribution in [3.05, 3.63) is 27.2 Å². The quantitative estimate of drug-likeness (QED) is 0.607. The largest absolute Gasteiger partial charge is 0.352 e. The summed E-state index contributed by atoms with van der Waals surface area (Å²) in [7, 11) is 1.81. The minimum atomic E-state index is 0.321. The van der Waals surface area contributed by atoms with Crippen LogP contribution in [0.1, 0.15) is 73.2 Å². The molecule has 2 aromatic rings. The lowest BCUT2D eigenvalue weighted by Gasteiger charge is -2.27. The average Bonchev–Trinajstić information content (AvgIpc) is 3.21. The van der Waals surface area contributed by atoms with Crippen LogP contribution in [-0.2, 0) is 19.5 Å². The van der Waals surface area contributed by atoms with E-state index in [4.69, 9.17) is 4.98 Å². The Bertz CT molecular complexity index is 803. The molecule has 1 aliphatic heterocycles. The van der Waals surface area contributed by atoms with E-state index in [2.05, 4.69) is 65.0 Å². The number of aromatic nitrogens is 4. The Kier molecular flexibility index (Phi) is 6.14. The van der Waals surface area contributed by atoms with Crippen molar-refractivity contribution in [3.63, 3.8) is 0 Å². The molecule has 0 saturated heterocycles. The SMILES string of the molecule is CN=C(NCc1nc(C(C)C)c(C)s1)NC1CCc2nnc(C(C)C)n2C1. The van der Waals surface area contributed by atoms with E-state index in [0.29, 0.717) is 24.4 Å². The third-order valence-electron chi connectivity index (χ3n) is 4.89. The van der Waals surface area contributed by atoms with Gasteiger partial charge >= 0.3 is 0 Å². The van der Waals surface area contributed by atoms with E-state index in [-0.39, 0.29) is 0 Å². The maximum atomic E-state index is 4.77. The number of aliphatic imine (C=N–C) groups is 1. The highest BCUT2D eigenvalue weighted by Gasteiger charge is 2.24. The topological polar surface area (TPSA) is 80.0 Å². The van der Waals surface area contributed by atoms with Crippen LogP contribution >= 0.6 is 11.3 Å². The van der Waals surface area contributed by atoms with Crippen LogP contribution < -0.4 is 10.6 Å². The molecule has 0 bridgehead atoms. The normalized spacial score (nSPS) is 17.5. The molecule has 1 aliphatic rings. The van der Waals surface area contributed by atoms with Crippen molar-refractivity contribution in [1.82, 2.24) is 30.4 Å². The molecule has 148 valence electrons. The van der Waals surface area contributed by atoms with Gasteiger partial charge in [-0.2, -0.15) is 0 Å². The van der Waals surface area contributed by atoms with Crippen molar-refractivity contribution in [3.8, 4) is 0 Å². The Morgan fingerprint density at radius 2 is 2.04 bits per heavy atom. The summed E-state index contributed by atoms with van der Waals surface area (Å²) >= 11 is 1.76. The second-order valence-electron chi connectivity index (χ2n) is 7.75. The van der Waals surface area contributed by atoms with Gasteiger partial charge in [0.2, 0.25) is 0 Å². The average molecular weight is 390 g/mol. The van der Waals surface area contributed by atoms with Gasteiger partial charge in [-0.25, -0.2) is 4.98 Å². The smallest absolute Gasteiger partial charge is 0.191 e. The second-order valence-corrected chi connectivity index (χ2v) is 9.04. The molecular weight excluding hydrogens is 358 g/mol. The highest BCUT2D eigenvalue weighted by Crippen LogP contribution is 2.24. The van der Waals surface area contributed by atoms with Gasteiger partial charge in [0.05, 0.1) is 12.2 Å². The Hall–Kier alpha value is -1.96. The van der Waals surface area contributed by atoms with Crippen LogP contribution in [0.25, 0.3) is 0 Å². The van der Waals surface area contributed by atoms with Gasteiger partial charge in [-0.05, 0) is 19.3 Å². The van der Waals surface area contributed by atoms with Crippen molar-refractivity contribution in [1.29, 1.82) is 0 Å². The fraction of sp³-hybridized carbons (Fsp3) is 0.684. The summed E-state index contributed by atoms with van der Waals surface area (Å²) in [6.45, 7) is 12.4.